The molecule has 0 aliphatic carbocycles. The third kappa shape index (κ3) is 2.94. The average Bonchev–Trinajstić information content (AvgIpc) is 2.87. The topological polar surface area (TPSA) is 72.3 Å². The third-order valence-electron chi connectivity index (χ3n) is 3.87. The molecule has 1 amide bonds. The summed E-state index contributed by atoms with van der Waals surface area (Å²) in [4.78, 5) is 14.9. The summed E-state index contributed by atoms with van der Waals surface area (Å²) in [6, 6.07) is 3.98. The lowest BCUT2D eigenvalue weighted by molar-refractivity contribution is -0.126. The van der Waals surface area contributed by atoms with E-state index < -0.39 is 5.41 Å². The highest BCUT2D eigenvalue weighted by Crippen LogP contribution is 2.38. The molecule has 4 nitrogen and oxygen atoms in total. The van der Waals surface area contributed by atoms with E-state index in [2.05, 4.69) is 4.90 Å². The zero-order chi connectivity index (χ0) is 14.2. The molecule has 0 radical (unpaired) electrons. The van der Waals surface area contributed by atoms with Gasteiger partial charge in [-0.1, -0.05) is 11.6 Å². The maximum atomic E-state index is 11.5. The van der Waals surface area contributed by atoms with E-state index in [0.717, 1.165) is 22.2 Å². The minimum Gasteiger partial charge on any atom is -0.369 e. The van der Waals surface area contributed by atoms with Gasteiger partial charge in [-0.2, -0.15) is 0 Å². The van der Waals surface area contributed by atoms with Gasteiger partial charge in [0.15, 0.2) is 0 Å². The van der Waals surface area contributed by atoms with Gasteiger partial charge in [-0.3, -0.25) is 9.69 Å². The number of rotatable bonds is 4. The number of nitrogens with two attached hydrogens (primary N) is 2. The number of hydrogen-bond acceptors (Lipinski definition) is 4. The van der Waals surface area contributed by atoms with Gasteiger partial charge in [0.25, 0.3) is 0 Å². The SMILES string of the molecule is CC(N)C(c1ccc(Cl)s1)N1CCC(C)(C(N)=O)C1. The molecule has 3 unspecified atom stereocenters. The minimum atomic E-state index is -0.450. The first kappa shape index (κ1) is 14.8. The van der Waals surface area contributed by atoms with E-state index in [9.17, 15) is 4.79 Å². The van der Waals surface area contributed by atoms with Crippen LogP contribution in [0.15, 0.2) is 12.1 Å². The normalized spacial score (nSPS) is 27.4. The van der Waals surface area contributed by atoms with Crippen LogP contribution in [-0.2, 0) is 4.79 Å². The number of thiophene rings is 1. The molecule has 6 heteroatoms. The molecule has 106 valence electrons. The van der Waals surface area contributed by atoms with Gasteiger partial charge in [0.1, 0.15) is 0 Å². The largest absolute Gasteiger partial charge is 0.369 e. The highest BCUT2D eigenvalue weighted by Gasteiger charge is 2.42. The van der Waals surface area contributed by atoms with Gasteiger partial charge in [0.2, 0.25) is 5.91 Å². The van der Waals surface area contributed by atoms with E-state index >= 15 is 0 Å². The van der Waals surface area contributed by atoms with E-state index in [1.807, 2.05) is 26.0 Å². The summed E-state index contributed by atoms with van der Waals surface area (Å²) in [5, 5.41) is 0. The monoisotopic (exact) mass is 301 g/mol. The van der Waals surface area contributed by atoms with E-state index in [-0.39, 0.29) is 18.0 Å². The quantitative estimate of drug-likeness (QED) is 0.893. The second-order valence-electron chi connectivity index (χ2n) is 5.59. The molecule has 0 bridgehead atoms. The Morgan fingerprint density at radius 3 is 2.68 bits per heavy atom. The van der Waals surface area contributed by atoms with Gasteiger partial charge < -0.3 is 11.5 Å². The summed E-state index contributed by atoms with van der Waals surface area (Å²) in [5.41, 5.74) is 11.2. The summed E-state index contributed by atoms with van der Waals surface area (Å²) < 4.78 is 0.762. The maximum Gasteiger partial charge on any atom is 0.224 e. The van der Waals surface area contributed by atoms with Crippen LogP contribution in [-0.4, -0.2) is 29.9 Å². The van der Waals surface area contributed by atoms with E-state index in [1.54, 1.807) is 11.3 Å². The molecule has 0 saturated carbocycles. The van der Waals surface area contributed by atoms with Gasteiger partial charge in [0, 0.05) is 17.5 Å². The molecular weight excluding hydrogens is 282 g/mol. The number of amides is 1. The van der Waals surface area contributed by atoms with Crippen LogP contribution < -0.4 is 11.5 Å². The molecule has 0 spiro atoms. The molecule has 1 aromatic heterocycles. The Morgan fingerprint density at radius 1 is 1.58 bits per heavy atom. The van der Waals surface area contributed by atoms with Crippen molar-refractivity contribution in [3.8, 4) is 0 Å². The van der Waals surface area contributed by atoms with E-state index in [1.165, 1.54) is 0 Å². The summed E-state index contributed by atoms with van der Waals surface area (Å²) in [6.07, 6.45) is 0.782. The predicted octanol–water partition coefficient (Wildman–Crippen LogP) is 1.99. The minimum absolute atomic E-state index is 0.0232. The van der Waals surface area contributed by atoms with Crippen LogP contribution in [0.1, 0.15) is 31.2 Å². The zero-order valence-electron chi connectivity index (χ0n) is 11.2. The van der Waals surface area contributed by atoms with Crippen LogP contribution in [0.2, 0.25) is 4.34 Å². The van der Waals surface area contributed by atoms with Crippen LogP contribution in [0.5, 0.6) is 0 Å². The Hall–Kier alpha value is -0.620. The van der Waals surface area contributed by atoms with E-state index in [0.29, 0.717) is 6.54 Å². The Kier molecular flexibility index (Phi) is 4.20. The fourth-order valence-electron chi connectivity index (χ4n) is 2.69. The first-order chi connectivity index (χ1) is 8.83. The highest BCUT2D eigenvalue weighted by molar-refractivity contribution is 7.16. The lowest BCUT2D eigenvalue weighted by Crippen LogP contribution is -2.41. The smallest absolute Gasteiger partial charge is 0.224 e. The van der Waals surface area contributed by atoms with Crippen molar-refractivity contribution < 1.29 is 4.79 Å². The summed E-state index contributed by atoms with van der Waals surface area (Å²) in [6.45, 7) is 5.40. The first-order valence-electron chi connectivity index (χ1n) is 6.38. The van der Waals surface area contributed by atoms with Crippen molar-refractivity contribution in [2.45, 2.75) is 32.4 Å². The zero-order valence-corrected chi connectivity index (χ0v) is 12.8. The number of carbonyl (C=O) groups excluding carboxylic acids is 1. The molecule has 1 aliphatic rings. The van der Waals surface area contributed by atoms with Crippen LogP contribution in [0, 0.1) is 5.41 Å². The fourth-order valence-corrected chi connectivity index (χ4v) is 4.01. The Balaban J connectivity index is 2.21. The lowest BCUT2D eigenvalue weighted by atomic mass is 9.89. The van der Waals surface area contributed by atoms with Crippen LogP contribution >= 0.6 is 22.9 Å². The maximum absolute atomic E-state index is 11.5. The Morgan fingerprint density at radius 2 is 2.26 bits per heavy atom. The molecule has 3 atom stereocenters. The first-order valence-corrected chi connectivity index (χ1v) is 7.58. The molecule has 4 N–H and O–H groups in total. The molecule has 1 aliphatic heterocycles. The lowest BCUT2D eigenvalue weighted by Gasteiger charge is -2.31. The fraction of sp³-hybridized carbons (Fsp3) is 0.615. The number of likely N-dealkylation sites (tertiary alicyclic amines) is 1. The Labute approximate surface area is 122 Å². The van der Waals surface area contributed by atoms with Crippen molar-refractivity contribution in [3.05, 3.63) is 21.3 Å². The summed E-state index contributed by atoms with van der Waals surface area (Å²) in [7, 11) is 0. The van der Waals surface area contributed by atoms with Crippen molar-refractivity contribution in [2.75, 3.05) is 13.1 Å². The van der Waals surface area contributed by atoms with Crippen molar-refractivity contribution >= 4 is 28.8 Å². The van der Waals surface area contributed by atoms with Crippen LogP contribution in [0.3, 0.4) is 0 Å². The molecule has 1 aromatic rings. The van der Waals surface area contributed by atoms with Gasteiger partial charge in [-0.15, -0.1) is 11.3 Å². The van der Waals surface area contributed by atoms with Crippen molar-refractivity contribution in [1.82, 2.24) is 4.90 Å². The van der Waals surface area contributed by atoms with Crippen molar-refractivity contribution in [2.24, 2.45) is 16.9 Å². The molecule has 2 rings (SSSR count). The molecule has 1 saturated heterocycles. The number of nitrogens with zero attached hydrogens (tertiary/aromatic N) is 1. The van der Waals surface area contributed by atoms with Gasteiger partial charge in [0.05, 0.1) is 15.8 Å². The van der Waals surface area contributed by atoms with E-state index in [4.69, 9.17) is 23.1 Å². The molecule has 19 heavy (non-hydrogen) atoms. The second-order valence-corrected chi connectivity index (χ2v) is 7.34. The average molecular weight is 302 g/mol. The van der Waals surface area contributed by atoms with Crippen LogP contribution in [0.25, 0.3) is 0 Å². The standard InChI is InChI=1S/C13H20ClN3OS/c1-8(15)11(9-3-4-10(14)19-9)17-6-5-13(2,7-17)12(16)18/h3-4,8,11H,5-7,15H2,1-2H3,(H2,16,18). The summed E-state index contributed by atoms with van der Waals surface area (Å²) >= 11 is 7.55. The number of hydrogen-bond donors (Lipinski definition) is 2. The number of carbonyl (C=O) groups is 1. The van der Waals surface area contributed by atoms with Gasteiger partial charge >= 0.3 is 0 Å². The van der Waals surface area contributed by atoms with Gasteiger partial charge in [-0.05, 0) is 38.9 Å². The predicted molar refractivity (Wildman–Crippen MR) is 79.2 cm³/mol. The van der Waals surface area contributed by atoms with Crippen molar-refractivity contribution in [3.63, 3.8) is 0 Å². The molecular formula is C13H20ClN3OS. The molecule has 0 aromatic carbocycles. The Bertz CT molecular complexity index is 476. The summed E-state index contributed by atoms with van der Waals surface area (Å²) in [5.74, 6) is -0.234. The van der Waals surface area contributed by atoms with Crippen molar-refractivity contribution in [1.29, 1.82) is 0 Å². The number of primary amides is 1. The van der Waals surface area contributed by atoms with Gasteiger partial charge in [-0.25, -0.2) is 0 Å². The number of halogens is 1. The third-order valence-corrected chi connectivity index (χ3v) is 5.18. The van der Waals surface area contributed by atoms with Crippen LogP contribution in [0.4, 0.5) is 0 Å². The molecule has 2 heterocycles. The second kappa shape index (κ2) is 5.40. The molecule has 1 fully saturated rings. The highest BCUT2D eigenvalue weighted by atomic mass is 35.5.